The van der Waals surface area contributed by atoms with Crippen LogP contribution in [0.15, 0.2) is 12.0 Å². The van der Waals surface area contributed by atoms with Crippen LogP contribution in [0.3, 0.4) is 0 Å². The molecule has 0 amide bonds. The average Bonchev–Trinajstić information content (AvgIpc) is 2.01. The number of hydrogen-bond acceptors (Lipinski definition) is 3. The van der Waals surface area contributed by atoms with Crippen molar-refractivity contribution in [1.29, 1.82) is 0 Å². The highest BCUT2D eigenvalue weighted by Gasteiger charge is 2.37. The van der Waals surface area contributed by atoms with Gasteiger partial charge in [-0.25, -0.2) is 8.42 Å². The summed E-state index contributed by atoms with van der Waals surface area (Å²) in [5.41, 5.74) is 0. The highest BCUT2D eigenvalue weighted by molar-refractivity contribution is 7.94. The first-order valence-electron chi connectivity index (χ1n) is 5.09. The molecule has 0 atom stereocenters. The molecule has 0 aromatic heterocycles. The minimum Gasteiger partial charge on any atom is -0.432 e. The van der Waals surface area contributed by atoms with E-state index in [1.807, 2.05) is 26.9 Å². The molecule has 0 unspecified atom stereocenters. The van der Waals surface area contributed by atoms with E-state index in [4.69, 9.17) is 0 Å². The van der Waals surface area contributed by atoms with Crippen molar-refractivity contribution in [3.63, 3.8) is 0 Å². The molecule has 0 aliphatic carbocycles. The third kappa shape index (κ3) is 4.95. The summed E-state index contributed by atoms with van der Waals surface area (Å²) in [6, 6.07) is 0. The van der Waals surface area contributed by atoms with Gasteiger partial charge in [0.2, 0.25) is 0 Å². The van der Waals surface area contributed by atoms with Gasteiger partial charge in [-0.2, -0.15) is 0 Å². The van der Waals surface area contributed by atoms with Gasteiger partial charge in [0.15, 0.2) is 18.2 Å². The predicted molar refractivity (Wildman–Crippen MR) is 67.0 cm³/mol. The monoisotopic (exact) mass is 250 g/mol. The van der Waals surface area contributed by atoms with Crippen molar-refractivity contribution < 1.29 is 13.2 Å². The number of rotatable bonds is 6. The van der Waals surface area contributed by atoms with Gasteiger partial charge in [0.25, 0.3) is 0 Å². The molecule has 0 aromatic rings. The summed E-state index contributed by atoms with van der Waals surface area (Å²) in [6.07, 6.45) is 1.31. The molecular weight excluding hydrogens is 228 g/mol. The molecule has 0 aliphatic rings. The van der Waals surface area contributed by atoms with E-state index < -0.39 is 18.2 Å². The molecule has 0 spiro atoms. The van der Waals surface area contributed by atoms with Crippen LogP contribution in [-0.2, 0) is 9.84 Å². The fourth-order valence-electron chi connectivity index (χ4n) is 1.10. The van der Waals surface area contributed by atoms with Gasteiger partial charge in [0, 0.05) is 5.41 Å². The molecule has 0 bridgehead atoms. The Hall–Kier alpha value is -0.133. The van der Waals surface area contributed by atoms with Crippen LogP contribution in [-0.4, -0.2) is 27.3 Å². The first kappa shape index (κ1) is 14.9. The molecule has 0 aromatic carbocycles. The van der Waals surface area contributed by atoms with Crippen molar-refractivity contribution in [1.82, 2.24) is 0 Å². The van der Waals surface area contributed by atoms with Crippen LogP contribution in [0.25, 0.3) is 0 Å². The van der Waals surface area contributed by atoms with Gasteiger partial charge in [-0.15, -0.1) is 0 Å². The molecule has 1 N–H and O–H groups in total. The normalized spacial score (nSPS) is 13.9. The summed E-state index contributed by atoms with van der Waals surface area (Å²) in [5.74, 6) is 0.129. The van der Waals surface area contributed by atoms with Gasteiger partial charge in [0.1, 0.15) is 0 Å². The molecule has 0 saturated heterocycles. The lowest BCUT2D eigenvalue weighted by molar-refractivity contribution is 0.448. The molecule has 0 aliphatic heterocycles. The fraction of sp³-hybridized carbons (Fsp3) is 0.800. The van der Waals surface area contributed by atoms with Crippen LogP contribution in [0, 0.1) is 0 Å². The van der Waals surface area contributed by atoms with Crippen LogP contribution >= 0.6 is 0 Å². The van der Waals surface area contributed by atoms with Gasteiger partial charge in [-0.05, 0) is 31.0 Å². The Morgan fingerprint density at radius 1 is 1.40 bits per heavy atom. The van der Waals surface area contributed by atoms with Crippen LogP contribution in [0.5, 0.6) is 0 Å². The Bertz CT molecular complexity index is 312. The van der Waals surface area contributed by atoms with Gasteiger partial charge in [-0.1, -0.05) is 20.4 Å². The van der Waals surface area contributed by atoms with Crippen molar-refractivity contribution >= 4 is 18.2 Å². The van der Waals surface area contributed by atoms with Crippen LogP contribution in [0.2, 0.25) is 18.1 Å². The lowest BCUT2D eigenvalue weighted by atomic mass is 10.1. The Morgan fingerprint density at radius 2 is 1.87 bits per heavy atom. The van der Waals surface area contributed by atoms with E-state index in [1.54, 1.807) is 0 Å². The molecular formula is C10H22O3SSi. The number of sulfone groups is 1. The van der Waals surface area contributed by atoms with E-state index in [0.29, 0.717) is 6.42 Å². The predicted octanol–water partition coefficient (Wildman–Crippen LogP) is 2.30. The highest BCUT2D eigenvalue weighted by Crippen LogP contribution is 2.39. The summed E-state index contributed by atoms with van der Waals surface area (Å²) in [4.78, 5) is 10.0. The van der Waals surface area contributed by atoms with E-state index in [0.717, 1.165) is 11.8 Å². The molecule has 15 heavy (non-hydrogen) atoms. The van der Waals surface area contributed by atoms with Gasteiger partial charge < -0.3 is 4.80 Å². The molecule has 3 nitrogen and oxygen atoms in total. The molecule has 0 fully saturated rings. The van der Waals surface area contributed by atoms with Crippen LogP contribution < -0.4 is 0 Å². The first-order chi connectivity index (χ1) is 6.52. The van der Waals surface area contributed by atoms with Crippen molar-refractivity contribution in [2.24, 2.45) is 0 Å². The summed E-state index contributed by atoms with van der Waals surface area (Å²) < 4.78 is 22.3. The second-order valence-electron chi connectivity index (χ2n) is 5.08. The van der Waals surface area contributed by atoms with E-state index in [1.165, 1.54) is 0 Å². The summed E-state index contributed by atoms with van der Waals surface area (Å²) in [7, 11) is -5.30. The van der Waals surface area contributed by atoms with E-state index in [2.05, 4.69) is 6.58 Å². The maximum atomic E-state index is 11.2. The van der Waals surface area contributed by atoms with E-state index in [9.17, 15) is 13.2 Å². The van der Waals surface area contributed by atoms with Crippen molar-refractivity contribution in [3.05, 3.63) is 12.0 Å². The fourth-order valence-corrected chi connectivity index (χ4v) is 2.61. The summed E-state index contributed by atoms with van der Waals surface area (Å²) >= 11 is 0. The second kappa shape index (κ2) is 4.80. The van der Waals surface area contributed by atoms with E-state index >= 15 is 0 Å². The van der Waals surface area contributed by atoms with Crippen LogP contribution in [0.1, 0.15) is 26.7 Å². The maximum Gasteiger partial charge on any atom is 0.188 e. The Kier molecular flexibility index (Phi) is 4.76. The topological polar surface area (TPSA) is 54.4 Å². The first-order valence-corrected chi connectivity index (χ1v) is 9.76. The second-order valence-corrected chi connectivity index (χ2v) is 11.6. The Labute approximate surface area is 94.3 Å². The van der Waals surface area contributed by atoms with Crippen molar-refractivity contribution in [3.8, 4) is 0 Å². The molecule has 0 heterocycles. The summed E-state index contributed by atoms with van der Waals surface area (Å²) in [5, 5.41) is 0.852. The third-order valence-electron chi connectivity index (χ3n) is 3.14. The molecule has 0 radical (unpaired) electrons. The highest BCUT2D eigenvalue weighted by atomic mass is 32.2. The van der Waals surface area contributed by atoms with Crippen molar-refractivity contribution in [2.45, 2.75) is 44.8 Å². The average molecular weight is 250 g/mol. The smallest absolute Gasteiger partial charge is 0.188 e. The SMILES string of the molecule is C=CS(=O)(=O)CCCC(C)(C)[Si](C)(C)O. The molecule has 5 heteroatoms. The Morgan fingerprint density at radius 3 is 2.20 bits per heavy atom. The van der Waals surface area contributed by atoms with Gasteiger partial charge in [0.05, 0.1) is 5.75 Å². The molecule has 0 rings (SSSR count). The minimum atomic E-state index is -3.09. The zero-order valence-electron chi connectivity index (χ0n) is 10.1. The Balaban J connectivity index is 4.25. The third-order valence-corrected chi connectivity index (χ3v) is 8.07. The minimum absolute atomic E-state index is 0.129. The largest absolute Gasteiger partial charge is 0.432 e. The number of hydrogen-bond donors (Lipinski definition) is 1. The lowest BCUT2D eigenvalue weighted by Crippen LogP contribution is -2.39. The molecule has 90 valence electrons. The summed E-state index contributed by atoms with van der Waals surface area (Å²) in [6.45, 7) is 11.0. The standard InChI is InChI=1S/C10H22O3SSi/c1-6-14(11,12)9-7-8-10(2,3)15(4,5)13/h6,13H,1,7-9H2,2-5H3. The molecule has 0 saturated carbocycles. The zero-order chi connectivity index (χ0) is 12.3. The quantitative estimate of drug-likeness (QED) is 0.736. The van der Waals surface area contributed by atoms with Crippen molar-refractivity contribution in [2.75, 3.05) is 5.75 Å². The van der Waals surface area contributed by atoms with Gasteiger partial charge >= 0.3 is 0 Å². The van der Waals surface area contributed by atoms with E-state index in [-0.39, 0.29) is 10.8 Å². The maximum absolute atomic E-state index is 11.2. The van der Waals surface area contributed by atoms with Gasteiger partial charge in [-0.3, -0.25) is 0 Å². The van der Waals surface area contributed by atoms with Crippen LogP contribution in [0.4, 0.5) is 0 Å². The lowest BCUT2D eigenvalue weighted by Gasteiger charge is -2.35. The zero-order valence-corrected chi connectivity index (χ0v) is 11.9.